The molecule has 2 aliphatic heterocycles. The predicted molar refractivity (Wildman–Crippen MR) is 92.9 cm³/mol. The number of para-hydroxylation sites is 1. The average molecular weight is 324 g/mol. The van der Waals surface area contributed by atoms with Crippen molar-refractivity contribution in [3.05, 3.63) is 60.4 Å². The molecule has 2 saturated heterocycles. The Bertz CT molecular complexity index is 639. The summed E-state index contributed by atoms with van der Waals surface area (Å²) in [6.07, 6.45) is 7.14. The number of aromatic nitrogens is 1. The number of hydrogen-bond donors (Lipinski definition) is 0. The molecular formula is C20H24N2O2. The number of ether oxygens (including phenoxy) is 2. The number of hydrogen-bond acceptors (Lipinski definition) is 4. The van der Waals surface area contributed by atoms with Gasteiger partial charge in [-0.25, -0.2) is 0 Å². The lowest BCUT2D eigenvalue weighted by atomic mass is 9.88. The minimum atomic E-state index is 0.0187. The molecule has 4 rings (SSSR count). The molecule has 0 N–H and O–H groups in total. The fraction of sp³-hybridized carbons (Fsp3) is 0.450. The van der Waals surface area contributed by atoms with Crippen LogP contribution in [0.15, 0.2) is 54.9 Å². The largest absolute Gasteiger partial charge is 0.488 e. The van der Waals surface area contributed by atoms with Crippen LogP contribution in [-0.4, -0.2) is 41.3 Å². The van der Waals surface area contributed by atoms with Crippen molar-refractivity contribution in [1.29, 1.82) is 0 Å². The fourth-order valence-corrected chi connectivity index (χ4v) is 3.79. The first-order valence-corrected chi connectivity index (χ1v) is 8.78. The summed E-state index contributed by atoms with van der Waals surface area (Å²) >= 11 is 0. The minimum absolute atomic E-state index is 0.0187. The Morgan fingerprint density at radius 3 is 2.71 bits per heavy atom. The zero-order valence-corrected chi connectivity index (χ0v) is 13.9. The van der Waals surface area contributed by atoms with Crippen LogP contribution in [0.25, 0.3) is 0 Å². The summed E-state index contributed by atoms with van der Waals surface area (Å²) in [5.74, 6) is 0.942. The SMILES string of the molecule is c1ccc(OC2COC3(CCN(Cc4cccnc4)CC3)C2)cc1. The van der Waals surface area contributed by atoms with Crippen molar-refractivity contribution < 1.29 is 9.47 Å². The van der Waals surface area contributed by atoms with E-state index in [0.717, 1.165) is 44.6 Å². The van der Waals surface area contributed by atoms with Gasteiger partial charge in [0.25, 0.3) is 0 Å². The molecule has 1 aromatic heterocycles. The Hall–Kier alpha value is -1.91. The van der Waals surface area contributed by atoms with E-state index in [1.807, 2.05) is 48.8 Å². The Balaban J connectivity index is 1.29. The molecule has 126 valence electrons. The van der Waals surface area contributed by atoms with Crippen LogP contribution in [0.1, 0.15) is 24.8 Å². The van der Waals surface area contributed by atoms with Crippen molar-refractivity contribution in [1.82, 2.24) is 9.88 Å². The zero-order valence-electron chi connectivity index (χ0n) is 13.9. The third kappa shape index (κ3) is 3.60. The van der Waals surface area contributed by atoms with Gasteiger partial charge < -0.3 is 9.47 Å². The topological polar surface area (TPSA) is 34.6 Å². The molecule has 4 nitrogen and oxygen atoms in total. The van der Waals surface area contributed by atoms with Crippen LogP contribution in [-0.2, 0) is 11.3 Å². The molecule has 0 amide bonds. The number of benzene rings is 1. The molecule has 1 spiro atoms. The molecule has 0 radical (unpaired) electrons. The molecule has 0 aliphatic carbocycles. The highest BCUT2D eigenvalue weighted by Gasteiger charge is 2.43. The van der Waals surface area contributed by atoms with Gasteiger partial charge in [0.15, 0.2) is 0 Å². The number of nitrogens with zero attached hydrogens (tertiary/aromatic N) is 2. The molecule has 4 heteroatoms. The van der Waals surface area contributed by atoms with Gasteiger partial charge in [0.05, 0.1) is 12.2 Å². The maximum absolute atomic E-state index is 6.20. The van der Waals surface area contributed by atoms with Crippen molar-refractivity contribution in [2.45, 2.75) is 37.5 Å². The first-order chi connectivity index (χ1) is 11.8. The van der Waals surface area contributed by atoms with Gasteiger partial charge in [-0.05, 0) is 36.6 Å². The van der Waals surface area contributed by atoms with E-state index >= 15 is 0 Å². The summed E-state index contributed by atoms with van der Waals surface area (Å²) in [6, 6.07) is 14.2. The maximum Gasteiger partial charge on any atom is 0.125 e. The summed E-state index contributed by atoms with van der Waals surface area (Å²) in [6.45, 7) is 3.84. The van der Waals surface area contributed by atoms with Gasteiger partial charge in [-0.2, -0.15) is 0 Å². The molecule has 24 heavy (non-hydrogen) atoms. The van der Waals surface area contributed by atoms with Gasteiger partial charge in [-0.15, -0.1) is 0 Å². The first-order valence-electron chi connectivity index (χ1n) is 8.78. The van der Waals surface area contributed by atoms with E-state index in [4.69, 9.17) is 9.47 Å². The Kier molecular flexibility index (Phi) is 4.50. The average Bonchev–Trinajstić information content (AvgIpc) is 3.01. The van der Waals surface area contributed by atoms with Crippen LogP contribution >= 0.6 is 0 Å². The maximum atomic E-state index is 6.20. The van der Waals surface area contributed by atoms with Gasteiger partial charge in [0.1, 0.15) is 11.9 Å². The van der Waals surface area contributed by atoms with E-state index in [9.17, 15) is 0 Å². The number of rotatable bonds is 4. The molecule has 0 saturated carbocycles. The van der Waals surface area contributed by atoms with E-state index in [-0.39, 0.29) is 11.7 Å². The Morgan fingerprint density at radius 1 is 1.12 bits per heavy atom. The summed E-state index contributed by atoms with van der Waals surface area (Å²) in [5.41, 5.74) is 1.30. The molecule has 2 fully saturated rings. The highest BCUT2D eigenvalue weighted by Crippen LogP contribution is 2.37. The van der Waals surface area contributed by atoms with E-state index < -0.39 is 0 Å². The van der Waals surface area contributed by atoms with Crippen LogP contribution in [0.5, 0.6) is 5.75 Å². The normalized spacial score (nSPS) is 23.4. The smallest absolute Gasteiger partial charge is 0.125 e. The lowest BCUT2D eigenvalue weighted by Gasteiger charge is -2.38. The van der Waals surface area contributed by atoms with Crippen LogP contribution in [0.4, 0.5) is 0 Å². The summed E-state index contributed by atoms with van der Waals surface area (Å²) < 4.78 is 12.3. The van der Waals surface area contributed by atoms with Gasteiger partial charge in [0.2, 0.25) is 0 Å². The summed E-state index contributed by atoms with van der Waals surface area (Å²) in [5, 5.41) is 0. The van der Waals surface area contributed by atoms with Crippen molar-refractivity contribution >= 4 is 0 Å². The van der Waals surface area contributed by atoms with E-state index in [1.165, 1.54) is 5.56 Å². The number of piperidine rings is 1. The highest BCUT2D eigenvalue weighted by atomic mass is 16.6. The third-order valence-corrected chi connectivity index (χ3v) is 5.12. The van der Waals surface area contributed by atoms with E-state index in [2.05, 4.69) is 16.0 Å². The molecule has 2 aromatic rings. The summed E-state index contributed by atoms with van der Waals surface area (Å²) in [7, 11) is 0. The Morgan fingerprint density at radius 2 is 1.96 bits per heavy atom. The van der Waals surface area contributed by atoms with Crippen molar-refractivity contribution in [3.63, 3.8) is 0 Å². The summed E-state index contributed by atoms with van der Waals surface area (Å²) in [4.78, 5) is 6.70. The third-order valence-electron chi connectivity index (χ3n) is 5.12. The molecule has 1 atom stereocenters. The Labute approximate surface area is 143 Å². The van der Waals surface area contributed by atoms with Crippen LogP contribution in [0, 0.1) is 0 Å². The van der Waals surface area contributed by atoms with Crippen LogP contribution in [0.2, 0.25) is 0 Å². The molecule has 3 heterocycles. The quantitative estimate of drug-likeness (QED) is 0.864. The minimum Gasteiger partial charge on any atom is -0.488 e. The molecule has 1 aromatic carbocycles. The first kappa shape index (κ1) is 15.6. The van der Waals surface area contributed by atoms with Crippen molar-refractivity contribution in [2.24, 2.45) is 0 Å². The van der Waals surface area contributed by atoms with Crippen LogP contribution < -0.4 is 4.74 Å². The highest BCUT2D eigenvalue weighted by molar-refractivity contribution is 5.21. The predicted octanol–water partition coefficient (Wildman–Crippen LogP) is 3.28. The number of likely N-dealkylation sites (tertiary alicyclic amines) is 1. The molecular weight excluding hydrogens is 300 g/mol. The zero-order chi connectivity index (χ0) is 16.2. The van der Waals surface area contributed by atoms with Crippen LogP contribution in [0.3, 0.4) is 0 Å². The van der Waals surface area contributed by atoms with E-state index in [1.54, 1.807) is 0 Å². The second-order valence-electron chi connectivity index (χ2n) is 6.89. The van der Waals surface area contributed by atoms with Gasteiger partial charge in [-0.1, -0.05) is 24.3 Å². The lowest BCUT2D eigenvalue weighted by Crippen LogP contribution is -2.44. The second-order valence-corrected chi connectivity index (χ2v) is 6.89. The standard InChI is InChI=1S/C20H24N2O2/c1-2-6-18(7-3-1)24-19-13-20(23-16-19)8-11-22(12-9-20)15-17-5-4-10-21-14-17/h1-7,10,14,19H,8-9,11-13,15-16H2. The van der Waals surface area contributed by atoms with Crippen molar-refractivity contribution in [3.8, 4) is 5.75 Å². The molecule has 1 unspecified atom stereocenters. The fourth-order valence-electron chi connectivity index (χ4n) is 3.79. The molecule has 0 bridgehead atoms. The molecule has 2 aliphatic rings. The monoisotopic (exact) mass is 324 g/mol. The van der Waals surface area contributed by atoms with Gasteiger partial charge >= 0.3 is 0 Å². The number of pyridine rings is 1. The van der Waals surface area contributed by atoms with Crippen molar-refractivity contribution in [2.75, 3.05) is 19.7 Å². The van der Waals surface area contributed by atoms with Gasteiger partial charge in [0, 0.05) is 38.4 Å². The lowest BCUT2D eigenvalue weighted by molar-refractivity contribution is -0.0454. The second kappa shape index (κ2) is 6.91. The van der Waals surface area contributed by atoms with Gasteiger partial charge in [-0.3, -0.25) is 9.88 Å². The van der Waals surface area contributed by atoms with E-state index in [0.29, 0.717) is 6.61 Å².